The molecule has 0 saturated heterocycles. The Morgan fingerprint density at radius 2 is 1.73 bits per heavy atom. The van der Waals surface area contributed by atoms with Crippen molar-refractivity contribution in [1.29, 1.82) is 0 Å². The molecule has 0 amide bonds. The molecule has 22 heavy (non-hydrogen) atoms. The van der Waals surface area contributed by atoms with Gasteiger partial charge in [0.05, 0.1) is 11.6 Å². The molecule has 2 N–H and O–H groups in total. The summed E-state index contributed by atoms with van der Waals surface area (Å²) in [6.45, 7) is 1.92. The molecule has 0 aliphatic carbocycles. The van der Waals surface area contributed by atoms with E-state index in [1.165, 1.54) is 7.11 Å². The van der Waals surface area contributed by atoms with Crippen LogP contribution >= 0.6 is 15.9 Å². The highest BCUT2D eigenvalue weighted by Gasteiger charge is 2.19. The highest BCUT2D eigenvalue weighted by Crippen LogP contribution is 2.47. The summed E-state index contributed by atoms with van der Waals surface area (Å²) in [7, 11) is 1.51. The first-order valence-electron chi connectivity index (χ1n) is 6.81. The smallest absolute Gasteiger partial charge is 0.165 e. The lowest BCUT2D eigenvalue weighted by molar-refractivity contribution is 0.374. The Bertz CT molecular complexity index is 872. The van der Waals surface area contributed by atoms with E-state index in [4.69, 9.17) is 4.74 Å². The Labute approximate surface area is 136 Å². The molecule has 0 aliphatic rings. The van der Waals surface area contributed by atoms with E-state index in [2.05, 4.69) is 15.9 Å². The lowest BCUT2D eigenvalue weighted by atomic mass is 9.95. The molecular weight excluding hydrogens is 344 g/mol. The summed E-state index contributed by atoms with van der Waals surface area (Å²) >= 11 is 3.38. The second-order valence-corrected chi connectivity index (χ2v) is 6.02. The van der Waals surface area contributed by atoms with Crippen LogP contribution in [-0.2, 0) is 0 Å². The van der Waals surface area contributed by atoms with Crippen molar-refractivity contribution in [2.75, 3.05) is 7.11 Å². The minimum atomic E-state index is 0.0200. The second kappa shape index (κ2) is 5.54. The average molecular weight is 359 g/mol. The van der Waals surface area contributed by atoms with Crippen molar-refractivity contribution in [3.05, 3.63) is 52.5 Å². The molecule has 0 aromatic heterocycles. The van der Waals surface area contributed by atoms with E-state index in [1.54, 1.807) is 6.07 Å². The van der Waals surface area contributed by atoms with Crippen LogP contribution in [0.3, 0.4) is 0 Å². The number of methoxy groups -OCH3 is 1. The third-order valence-electron chi connectivity index (χ3n) is 3.68. The summed E-state index contributed by atoms with van der Waals surface area (Å²) in [6.07, 6.45) is 0. The number of benzene rings is 3. The van der Waals surface area contributed by atoms with E-state index in [0.29, 0.717) is 21.3 Å². The SMILES string of the molecule is COc1cc(C)cc(-c2c(O)c(Br)cc3ccccc23)c1O. The quantitative estimate of drug-likeness (QED) is 0.677. The molecule has 3 rings (SSSR count). The molecular formula is C18H15BrO3. The van der Waals surface area contributed by atoms with Gasteiger partial charge in [0, 0.05) is 11.1 Å². The van der Waals surface area contributed by atoms with Gasteiger partial charge in [-0.05, 0) is 57.4 Å². The van der Waals surface area contributed by atoms with Gasteiger partial charge >= 0.3 is 0 Å². The van der Waals surface area contributed by atoms with Crippen molar-refractivity contribution >= 4 is 26.7 Å². The number of fused-ring (bicyclic) bond motifs is 1. The fourth-order valence-electron chi connectivity index (χ4n) is 2.67. The maximum Gasteiger partial charge on any atom is 0.165 e. The van der Waals surface area contributed by atoms with Gasteiger partial charge in [-0.25, -0.2) is 0 Å². The van der Waals surface area contributed by atoms with Gasteiger partial charge in [-0.15, -0.1) is 0 Å². The molecule has 112 valence electrons. The topological polar surface area (TPSA) is 49.7 Å². The van der Waals surface area contributed by atoms with Crippen LogP contribution in [0.1, 0.15) is 5.56 Å². The maximum absolute atomic E-state index is 10.5. The van der Waals surface area contributed by atoms with Crippen LogP contribution in [0, 0.1) is 6.92 Å². The number of aromatic hydroxyl groups is 2. The monoisotopic (exact) mass is 358 g/mol. The van der Waals surface area contributed by atoms with E-state index in [9.17, 15) is 10.2 Å². The molecule has 0 bridgehead atoms. The van der Waals surface area contributed by atoms with Crippen molar-refractivity contribution in [2.45, 2.75) is 6.92 Å². The maximum atomic E-state index is 10.5. The first kappa shape index (κ1) is 14.7. The molecule has 0 radical (unpaired) electrons. The standard InChI is InChI=1S/C18H15BrO3/c1-10-7-13(17(20)15(8-10)22-2)16-12-6-4-3-5-11(12)9-14(19)18(16)21/h3-9,20-21H,1-2H3. The first-order chi connectivity index (χ1) is 10.5. The molecule has 0 saturated carbocycles. The lowest BCUT2D eigenvalue weighted by Gasteiger charge is -2.15. The van der Waals surface area contributed by atoms with Crippen LogP contribution in [0.15, 0.2) is 46.9 Å². The third-order valence-corrected chi connectivity index (χ3v) is 4.29. The number of hydrogen-bond acceptors (Lipinski definition) is 3. The fraction of sp³-hybridized carbons (Fsp3) is 0.111. The van der Waals surface area contributed by atoms with Gasteiger partial charge in [-0.3, -0.25) is 0 Å². The second-order valence-electron chi connectivity index (χ2n) is 5.17. The zero-order valence-electron chi connectivity index (χ0n) is 12.2. The number of rotatable bonds is 2. The van der Waals surface area contributed by atoms with Crippen LogP contribution in [-0.4, -0.2) is 17.3 Å². The van der Waals surface area contributed by atoms with Crippen molar-refractivity contribution < 1.29 is 14.9 Å². The Balaban J connectivity index is 2.45. The van der Waals surface area contributed by atoms with Gasteiger partial charge in [0.15, 0.2) is 11.5 Å². The van der Waals surface area contributed by atoms with Gasteiger partial charge in [0.2, 0.25) is 0 Å². The minimum Gasteiger partial charge on any atom is -0.506 e. The normalized spacial score (nSPS) is 10.9. The summed E-state index contributed by atoms with van der Waals surface area (Å²) in [4.78, 5) is 0. The van der Waals surface area contributed by atoms with Gasteiger partial charge in [-0.2, -0.15) is 0 Å². The van der Waals surface area contributed by atoms with Gasteiger partial charge < -0.3 is 14.9 Å². The Morgan fingerprint density at radius 1 is 1.00 bits per heavy atom. The minimum absolute atomic E-state index is 0.0200. The lowest BCUT2D eigenvalue weighted by Crippen LogP contribution is -1.90. The van der Waals surface area contributed by atoms with E-state index < -0.39 is 0 Å². The van der Waals surface area contributed by atoms with Gasteiger partial charge in [-0.1, -0.05) is 24.3 Å². The van der Waals surface area contributed by atoms with E-state index in [1.807, 2.05) is 43.3 Å². The molecule has 0 aliphatic heterocycles. The van der Waals surface area contributed by atoms with E-state index in [0.717, 1.165) is 16.3 Å². The number of ether oxygens (including phenoxy) is 1. The summed E-state index contributed by atoms with van der Waals surface area (Å²) < 4.78 is 5.81. The molecule has 3 aromatic rings. The molecule has 0 heterocycles. The number of hydrogen-bond donors (Lipinski definition) is 2. The molecule has 0 spiro atoms. The van der Waals surface area contributed by atoms with E-state index >= 15 is 0 Å². The summed E-state index contributed by atoms with van der Waals surface area (Å²) in [5, 5.41) is 22.9. The predicted octanol–water partition coefficient (Wildman–Crippen LogP) is 5.00. The van der Waals surface area contributed by atoms with Crippen molar-refractivity contribution in [1.82, 2.24) is 0 Å². The summed E-state index contributed by atoms with van der Waals surface area (Å²) in [5.74, 6) is 0.506. The Kier molecular flexibility index (Phi) is 3.71. The van der Waals surface area contributed by atoms with Gasteiger partial charge in [0.1, 0.15) is 5.75 Å². The highest BCUT2D eigenvalue weighted by atomic mass is 79.9. The molecule has 3 nitrogen and oxygen atoms in total. The molecule has 0 fully saturated rings. The summed E-state index contributed by atoms with van der Waals surface area (Å²) in [6, 6.07) is 13.2. The Morgan fingerprint density at radius 3 is 2.45 bits per heavy atom. The van der Waals surface area contributed by atoms with Crippen molar-refractivity contribution in [3.8, 4) is 28.4 Å². The molecule has 3 aromatic carbocycles. The number of phenolic OH excluding ortho intramolecular Hbond substituents is 2. The Hall–Kier alpha value is -2.20. The molecule has 0 atom stereocenters. The number of halogens is 1. The van der Waals surface area contributed by atoms with Crippen LogP contribution in [0.25, 0.3) is 21.9 Å². The third kappa shape index (κ3) is 2.29. The number of aryl methyl sites for hydroxylation is 1. The average Bonchev–Trinajstić information content (AvgIpc) is 2.51. The fourth-order valence-corrected chi connectivity index (χ4v) is 3.11. The zero-order valence-corrected chi connectivity index (χ0v) is 13.8. The van der Waals surface area contributed by atoms with Gasteiger partial charge in [0.25, 0.3) is 0 Å². The van der Waals surface area contributed by atoms with Crippen LogP contribution < -0.4 is 4.74 Å². The zero-order chi connectivity index (χ0) is 15.9. The summed E-state index contributed by atoms with van der Waals surface area (Å²) in [5.41, 5.74) is 2.07. The predicted molar refractivity (Wildman–Crippen MR) is 91.7 cm³/mol. The van der Waals surface area contributed by atoms with Crippen LogP contribution in [0.5, 0.6) is 17.2 Å². The van der Waals surface area contributed by atoms with Crippen LogP contribution in [0.2, 0.25) is 0 Å². The number of phenols is 2. The highest BCUT2D eigenvalue weighted by molar-refractivity contribution is 9.10. The molecule has 4 heteroatoms. The van der Waals surface area contributed by atoms with Crippen molar-refractivity contribution in [3.63, 3.8) is 0 Å². The van der Waals surface area contributed by atoms with Crippen molar-refractivity contribution in [2.24, 2.45) is 0 Å². The largest absolute Gasteiger partial charge is 0.506 e. The first-order valence-corrected chi connectivity index (χ1v) is 7.60. The van der Waals surface area contributed by atoms with Crippen LogP contribution in [0.4, 0.5) is 0 Å². The molecule has 0 unspecified atom stereocenters. The van der Waals surface area contributed by atoms with E-state index in [-0.39, 0.29) is 11.5 Å².